The largest absolute Gasteiger partial charge is 0.381 e. The molecule has 0 atom stereocenters. The molecule has 0 unspecified atom stereocenters. The first-order valence-corrected chi connectivity index (χ1v) is 21.1. The van der Waals surface area contributed by atoms with Gasteiger partial charge in [-0.15, -0.1) is 0 Å². The van der Waals surface area contributed by atoms with Crippen LogP contribution in [0.2, 0.25) is 0 Å². The van der Waals surface area contributed by atoms with Crippen molar-refractivity contribution in [2.75, 3.05) is 18.5 Å². The smallest absolute Gasteiger partial charge is 0.251 e. The van der Waals surface area contributed by atoms with E-state index in [9.17, 15) is 9.59 Å². The molecule has 7 rings (SSSR count). The molecule has 12 heteroatoms. The Hall–Kier alpha value is -5.17. The first-order valence-electron chi connectivity index (χ1n) is 21.1. The Morgan fingerprint density at radius 3 is 2.22 bits per heavy atom. The number of hydrogen-bond acceptors (Lipinski definition) is 8. The van der Waals surface area contributed by atoms with Crippen LogP contribution in [0, 0.1) is 5.82 Å². The number of piperidine rings is 1. The van der Waals surface area contributed by atoms with Gasteiger partial charge in [0.25, 0.3) is 11.8 Å². The Balaban J connectivity index is 0.998. The van der Waals surface area contributed by atoms with Crippen molar-refractivity contribution in [2.45, 2.75) is 123 Å². The van der Waals surface area contributed by atoms with Gasteiger partial charge in [0.15, 0.2) is 5.65 Å². The van der Waals surface area contributed by atoms with E-state index in [1.165, 1.54) is 6.07 Å². The number of ether oxygens (including phenoxy) is 1. The van der Waals surface area contributed by atoms with E-state index in [2.05, 4.69) is 72.4 Å². The van der Waals surface area contributed by atoms with Crippen LogP contribution in [0.4, 0.5) is 10.1 Å². The van der Waals surface area contributed by atoms with Gasteiger partial charge in [0.1, 0.15) is 5.82 Å². The predicted molar refractivity (Wildman–Crippen MR) is 232 cm³/mol. The van der Waals surface area contributed by atoms with Gasteiger partial charge < -0.3 is 31.3 Å². The molecule has 0 spiro atoms. The summed E-state index contributed by atoms with van der Waals surface area (Å²) in [5.41, 5.74) is 7.50. The fourth-order valence-electron chi connectivity index (χ4n) is 8.94. The number of carbonyl (C=O) groups excluding carboxylic acids is 2. The van der Waals surface area contributed by atoms with Crippen molar-refractivity contribution in [1.82, 2.24) is 36.0 Å². The second-order valence-electron chi connectivity index (χ2n) is 17.3. The zero-order valence-corrected chi connectivity index (χ0v) is 35.3. The molecule has 0 saturated carbocycles. The minimum absolute atomic E-state index is 0.0408. The zero-order valence-electron chi connectivity index (χ0n) is 35.3. The number of pyridine rings is 1. The molecule has 5 aromatic rings. The van der Waals surface area contributed by atoms with Crippen molar-refractivity contribution in [3.8, 4) is 11.1 Å². The predicted octanol–water partition coefficient (Wildman–Crippen LogP) is 7.67. The first kappa shape index (κ1) is 42.0. The van der Waals surface area contributed by atoms with Gasteiger partial charge >= 0.3 is 0 Å². The maximum atomic E-state index is 15.3. The number of aromatic nitrogens is 3. The molecule has 2 aliphatic heterocycles. The molecule has 59 heavy (non-hydrogen) atoms. The third-order valence-electron chi connectivity index (χ3n) is 11.5. The van der Waals surface area contributed by atoms with Gasteiger partial charge in [-0.25, -0.2) is 14.1 Å². The van der Waals surface area contributed by atoms with E-state index in [1.807, 2.05) is 36.0 Å². The average Bonchev–Trinajstić information content (AvgIpc) is 3.64. The van der Waals surface area contributed by atoms with Crippen LogP contribution < -0.4 is 26.6 Å². The second kappa shape index (κ2) is 18.0. The number of nitrogens with zero attached hydrogens (tertiary/aromatic N) is 3. The van der Waals surface area contributed by atoms with Crippen LogP contribution in [0.3, 0.4) is 0 Å². The van der Waals surface area contributed by atoms with E-state index in [0.29, 0.717) is 55.5 Å². The van der Waals surface area contributed by atoms with Crippen LogP contribution in [0.15, 0.2) is 72.9 Å². The topological polar surface area (TPSA) is 134 Å². The molecule has 2 saturated heterocycles. The molecule has 0 bridgehead atoms. The Bertz CT molecular complexity index is 2280. The summed E-state index contributed by atoms with van der Waals surface area (Å²) in [7, 11) is 0. The number of amides is 2. The highest BCUT2D eigenvalue weighted by Gasteiger charge is 2.37. The van der Waals surface area contributed by atoms with Gasteiger partial charge in [0.2, 0.25) is 0 Å². The summed E-state index contributed by atoms with van der Waals surface area (Å²) in [6.45, 7) is 16.3. The number of hydrogen-bond donors (Lipinski definition) is 5. The lowest BCUT2D eigenvalue weighted by Crippen LogP contribution is -2.61. The van der Waals surface area contributed by atoms with Crippen LogP contribution in [0.1, 0.15) is 110 Å². The third kappa shape index (κ3) is 10.2. The van der Waals surface area contributed by atoms with Gasteiger partial charge in [-0.2, -0.15) is 5.10 Å². The van der Waals surface area contributed by atoms with Crippen LogP contribution in [-0.4, -0.2) is 63.0 Å². The van der Waals surface area contributed by atoms with Crippen molar-refractivity contribution < 1.29 is 18.7 Å². The molecule has 2 amide bonds. The van der Waals surface area contributed by atoms with E-state index in [4.69, 9.17) is 9.72 Å². The fraction of sp³-hybridized carbons (Fsp3) is 0.447. The Morgan fingerprint density at radius 2 is 1.53 bits per heavy atom. The van der Waals surface area contributed by atoms with Crippen molar-refractivity contribution in [1.29, 1.82) is 0 Å². The highest BCUT2D eigenvalue weighted by Crippen LogP contribution is 2.32. The lowest BCUT2D eigenvalue weighted by Gasteiger charge is -2.46. The van der Waals surface area contributed by atoms with Crippen LogP contribution in [0.25, 0.3) is 22.2 Å². The Kier molecular flexibility index (Phi) is 12.8. The molecule has 0 radical (unpaired) electrons. The van der Waals surface area contributed by atoms with E-state index < -0.39 is 0 Å². The van der Waals surface area contributed by atoms with Gasteiger partial charge in [0, 0.05) is 90.5 Å². The van der Waals surface area contributed by atoms with Crippen molar-refractivity contribution in [2.24, 2.45) is 0 Å². The lowest BCUT2D eigenvalue weighted by atomic mass is 9.79. The summed E-state index contributed by atoms with van der Waals surface area (Å²) >= 11 is 0. The SMILES string of the molecule is CCc1nc2c(cnn2CC)c(NC2CCOCC2)c1CNC(=O)c1cccc(C(=O)NCc2ccc(F)c(-c3cccc(CNC4CC(C)(C)NC(C)(C)C4)c3)c2)c1. The van der Waals surface area contributed by atoms with E-state index in [1.54, 1.807) is 36.4 Å². The van der Waals surface area contributed by atoms with Crippen molar-refractivity contribution in [3.05, 3.63) is 112 Å². The number of nitrogens with one attached hydrogen (secondary N) is 5. The molecule has 2 fully saturated rings. The maximum Gasteiger partial charge on any atom is 0.251 e. The second-order valence-corrected chi connectivity index (χ2v) is 17.3. The van der Waals surface area contributed by atoms with E-state index in [0.717, 1.165) is 70.4 Å². The maximum absolute atomic E-state index is 15.3. The standard InChI is InChI=1S/C47H59FN8O3/c1-7-41-38(42(53-35-17-19-59-20-18-35)39-29-52-56(8-2)43(39)54-41)28-51-45(58)34-14-10-13-33(23-34)44(57)50-27-31-15-16-40(48)37(22-31)32-12-9-11-30(21-32)26-49-36-24-46(3,4)55-47(5,6)25-36/h9-16,21-23,29,35-36,49,55H,7-8,17-20,24-28H2,1-6H3,(H,50,57)(H,51,58)(H,53,54). The van der Waals surface area contributed by atoms with Gasteiger partial charge in [-0.3, -0.25) is 9.59 Å². The molecule has 3 aromatic carbocycles. The highest BCUT2D eigenvalue weighted by atomic mass is 19.1. The summed E-state index contributed by atoms with van der Waals surface area (Å²) in [5.74, 6) is -0.955. The zero-order chi connectivity index (χ0) is 41.7. The lowest BCUT2D eigenvalue weighted by molar-refractivity contribution is 0.0904. The number of benzene rings is 3. The third-order valence-corrected chi connectivity index (χ3v) is 11.5. The van der Waals surface area contributed by atoms with E-state index >= 15 is 4.39 Å². The number of anilines is 1. The number of fused-ring (bicyclic) bond motifs is 1. The molecule has 4 heterocycles. The molecule has 0 aliphatic carbocycles. The summed E-state index contributed by atoms with van der Waals surface area (Å²) < 4.78 is 22.8. The van der Waals surface area contributed by atoms with Crippen molar-refractivity contribution >= 4 is 28.5 Å². The van der Waals surface area contributed by atoms with Gasteiger partial charge in [-0.1, -0.05) is 37.3 Å². The molecule has 5 N–H and O–H groups in total. The number of aryl methyl sites for hydroxylation is 2. The number of rotatable bonds is 14. The molecular weight excluding hydrogens is 744 g/mol. The summed E-state index contributed by atoms with van der Waals surface area (Å²) in [6.07, 6.45) is 6.35. The average molecular weight is 803 g/mol. The van der Waals surface area contributed by atoms with E-state index in [-0.39, 0.29) is 47.8 Å². The first-order chi connectivity index (χ1) is 28.3. The number of halogens is 1. The van der Waals surface area contributed by atoms with Gasteiger partial charge in [-0.05, 0) is 120 Å². The highest BCUT2D eigenvalue weighted by molar-refractivity contribution is 6.00. The summed E-state index contributed by atoms with van der Waals surface area (Å²) in [6, 6.07) is 20.2. The molecule has 312 valence electrons. The summed E-state index contributed by atoms with van der Waals surface area (Å²) in [4.78, 5) is 32.0. The molecule has 2 aromatic heterocycles. The van der Waals surface area contributed by atoms with Crippen LogP contribution >= 0.6 is 0 Å². The molecular formula is C47H59FN8O3. The molecule has 2 aliphatic rings. The van der Waals surface area contributed by atoms with Crippen LogP contribution in [0.5, 0.6) is 0 Å². The monoisotopic (exact) mass is 802 g/mol. The number of carbonyl (C=O) groups is 2. The van der Waals surface area contributed by atoms with Crippen molar-refractivity contribution in [3.63, 3.8) is 0 Å². The van der Waals surface area contributed by atoms with Crippen LogP contribution in [-0.2, 0) is 37.3 Å². The quantitative estimate of drug-likeness (QED) is 0.0773. The Labute approximate surface area is 347 Å². The fourth-order valence-corrected chi connectivity index (χ4v) is 8.94. The minimum atomic E-state index is -0.332. The Morgan fingerprint density at radius 1 is 0.847 bits per heavy atom. The minimum Gasteiger partial charge on any atom is -0.381 e. The summed E-state index contributed by atoms with van der Waals surface area (Å²) in [5, 5.41) is 22.8. The molecule has 11 nitrogen and oxygen atoms in total. The normalized spacial score (nSPS) is 16.9. The van der Waals surface area contributed by atoms with Gasteiger partial charge in [0.05, 0.1) is 17.3 Å².